The van der Waals surface area contributed by atoms with Gasteiger partial charge in [0.1, 0.15) is 0 Å². The molecule has 0 bridgehead atoms. The van der Waals surface area contributed by atoms with Crippen LogP contribution in [0.25, 0.3) is 0 Å². The highest BCUT2D eigenvalue weighted by Crippen LogP contribution is 2.23. The van der Waals surface area contributed by atoms with Crippen LogP contribution in [0.3, 0.4) is 0 Å². The lowest BCUT2D eigenvalue weighted by Crippen LogP contribution is -2.37. The highest BCUT2D eigenvalue weighted by atomic mass is 14.9. The molecule has 72 valence electrons. The first-order valence-corrected chi connectivity index (χ1v) is 5.21. The van der Waals surface area contributed by atoms with Gasteiger partial charge in [0.15, 0.2) is 0 Å². The number of rotatable bonds is 4. The summed E-state index contributed by atoms with van der Waals surface area (Å²) in [5.74, 6) is 0.936. The Kier molecular flexibility index (Phi) is 4.62. The average molecular weight is 170 g/mol. The van der Waals surface area contributed by atoms with Crippen LogP contribution < -0.4 is 10.6 Å². The Morgan fingerprint density at radius 2 is 2.08 bits per heavy atom. The quantitative estimate of drug-likeness (QED) is 0.623. The average Bonchev–Trinajstić information content (AvgIpc) is 2.05. The zero-order valence-corrected chi connectivity index (χ0v) is 8.40. The van der Waals surface area contributed by atoms with Crippen molar-refractivity contribution >= 4 is 0 Å². The Hall–Kier alpha value is -0.0800. The van der Waals surface area contributed by atoms with E-state index in [2.05, 4.69) is 17.6 Å². The Labute approximate surface area is 76.1 Å². The molecule has 0 saturated heterocycles. The van der Waals surface area contributed by atoms with Crippen molar-refractivity contribution < 1.29 is 0 Å². The van der Waals surface area contributed by atoms with Gasteiger partial charge >= 0.3 is 0 Å². The van der Waals surface area contributed by atoms with Crippen LogP contribution >= 0.6 is 0 Å². The molecule has 0 heterocycles. The van der Waals surface area contributed by atoms with Gasteiger partial charge in [0.2, 0.25) is 0 Å². The summed E-state index contributed by atoms with van der Waals surface area (Å²) in [6, 6.07) is 0.794. The molecule has 0 aromatic heterocycles. The van der Waals surface area contributed by atoms with Crippen molar-refractivity contribution in [1.29, 1.82) is 0 Å². The van der Waals surface area contributed by atoms with Crippen LogP contribution in [0.4, 0.5) is 0 Å². The number of hydrogen-bond acceptors (Lipinski definition) is 2. The molecule has 0 spiro atoms. The molecule has 12 heavy (non-hydrogen) atoms. The van der Waals surface area contributed by atoms with Gasteiger partial charge < -0.3 is 10.6 Å². The summed E-state index contributed by atoms with van der Waals surface area (Å²) in [6.07, 6.45) is 5.61. The van der Waals surface area contributed by atoms with Crippen LogP contribution in [0.5, 0.6) is 0 Å². The van der Waals surface area contributed by atoms with Crippen molar-refractivity contribution in [2.45, 2.75) is 38.6 Å². The summed E-state index contributed by atoms with van der Waals surface area (Å²) in [6.45, 7) is 4.57. The second-order valence-corrected chi connectivity index (χ2v) is 4.03. The third-order valence-electron chi connectivity index (χ3n) is 2.74. The van der Waals surface area contributed by atoms with Gasteiger partial charge in [-0.25, -0.2) is 0 Å². The second-order valence-electron chi connectivity index (χ2n) is 4.03. The molecule has 1 aliphatic carbocycles. The molecule has 2 nitrogen and oxygen atoms in total. The van der Waals surface area contributed by atoms with E-state index in [1.165, 1.54) is 25.7 Å². The summed E-state index contributed by atoms with van der Waals surface area (Å²) in [5.41, 5.74) is 0. The SMILES string of the molecule is CNCCNC1CCCC(C)C1. The molecule has 0 aliphatic heterocycles. The lowest BCUT2D eigenvalue weighted by Gasteiger charge is -2.27. The van der Waals surface area contributed by atoms with E-state index in [1.54, 1.807) is 0 Å². The maximum atomic E-state index is 3.59. The monoisotopic (exact) mass is 170 g/mol. The zero-order chi connectivity index (χ0) is 8.81. The van der Waals surface area contributed by atoms with Gasteiger partial charge in [-0.3, -0.25) is 0 Å². The van der Waals surface area contributed by atoms with E-state index in [0.29, 0.717) is 0 Å². The lowest BCUT2D eigenvalue weighted by atomic mass is 9.87. The van der Waals surface area contributed by atoms with Gasteiger partial charge in [0.25, 0.3) is 0 Å². The topological polar surface area (TPSA) is 24.1 Å². The maximum Gasteiger partial charge on any atom is 0.00792 e. The fraction of sp³-hybridized carbons (Fsp3) is 1.00. The minimum Gasteiger partial charge on any atom is -0.318 e. The van der Waals surface area contributed by atoms with Crippen molar-refractivity contribution in [3.8, 4) is 0 Å². The van der Waals surface area contributed by atoms with Crippen LogP contribution in [-0.4, -0.2) is 26.2 Å². The van der Waals surface area contributed by atoms with Crippen molar-refractivity contribution in [2.24, 2.45) is 5.92 Å². The van der Waals surface area contributed by atoms with Crippen LogP contribution in [0.2, 0.25) is 0 Å². The first-order valence-electron chi connectivity index (χ1n) is 5.21. The summed E-state index contributed by atoms with van der Waals surface area (Å²) in [4.78, 5) is 0. The van der Waals surface area contributed by atoms with E-state index in [1.807, 2.05) is 7.05 Å². The Morgan fingerprint density at radius 3 is 2.75 bits per heavy atom. The van der Waals surface area contributed by atoms with Crippen molar-refractivity contribution in [1.82, 2.24) is 10.6 Å². The third-order valence-corrected chi connectivity index (χ3v) is 2.74. The van der Waals surface area contributed by atoms with Crippen LogP contribution in [0.15, 0.2) is 0 Å². The van der Waals surface area contributed by atoms with Gasteiger partial charge in [-0.15, -0.1) is 0 Å². The van der Waals surface area contributed by atoms with Gasteiger partial charge in [-0.2, -0.15) is 0 Å². The molecule has 2 heteroatoms. The molecule has 2 N–H and O–H groups in total. The Morgan fingerprint density at radius 1 is 1.25 bits per heavy atom. The van der Waals surface area contributed by atoms with E-state index >= 15 is 0 Å². The van der Waals surface area contributed by atoms with E-state index in [0.717, 1.165) is 25.0 Å². The van der Waals surface area contributed by atoms with E-state index in [9.17, 15) is 0 Å². The van der Waals surface area contributed by atoms with E-state index in [-0.39, 0.29) is 0 Å². The fourth-order valence-electron chi connectivity index (χ4n) is 2.02. The zero-order valence-electron chi connectivity index (χ0n) is 8.40. The maximum absolute atomic E-state index is 3.59. The Balaban J connectivity index is 2.06. The molecule has 1 aliphatic rings. The molecule has 0 radical (unpaired) electrons. The molecule has 0 aromatic rings. The minimum atomic E-state index is 0.794. The molecule has 2 atom stereocenters. The summed E-state index contributed by atoms with van der Waals surface area (Å²) >= 11 is 0. The molecule has 2 unspecified atom stereocenters. The summed E-state index contributed by atoms with van der Waals surface area (Å²) in [7, 11) is 2.01. The van der Waals surface area contributed by atoms with Crippen molar-refractivity contribution in [3.05, 3.63) is 0 Å². The van der Waals surface area contributed by atoms with Crippen molar-refractivity contribution in [2.75, 3.05) is 20.1 Å². The van der Waals surface area contributed by atoms with Gasteiger partial charge in [0, 0.05) is 19.1 Å². The second kappa shape index (κ2) is 5.55. The standard InChI is InChI=1S/C10H22N2/c1-9-4-3-5-10(8-9)12-7-6-11-2/h9-12H,3-8H2,1-2H3. The first kappa shape index (κ1) is 10.0. The van der Waals surface area contributed by atoms with Crippen LogP contribution in [0.1, 0.15) is 32.6 Å². The van der Waals surface area contributed by atoms with E-state index < -0.39 is 0 Å². The van der Waals surface area contributed by atoms with Gasteiger partial charge in [-0.05, 0) is 25.8 Å². The highest BCUT2D eigenvalue weighted by molar-refractivity contribution is 4.75. The smallest absolute Gasteiger partial charge is 0.00792 e. The number of nitrogens with one attached hydrogen (secondary N) is 2. The van der Waals surface area contributed by atoms with E-state index in [4.69, 9.17) is 0 Å². The predicted octanol–water partition coefficient (Wildman–Crippen LogP) is 1.37. The van der Waals surface area contributed by atoms with Crippen molar-refractivity contribution in [3.63, 3.8) is 0 Å². The van der Waals surface area contributed by atoms with Crippen LogP contribution in [0, 0.1) is 5.92 Å². The predicted molar refractivity (Wildman–Crippen MR) is 53.3 cm³/mol. The molecule has 1 saturated carbocycles. The fourth-order valence-corrected chi connectivity index (χ4v) is 2.02. The van der Waals surface area contributed by atoms with Gasteiger partial charge in [0.05, 0.1) is 0 Å². The minimum absolute atomic E-state index is 0.794. The third kappa shape index (κ3) is 3.55. The summed E-state index contributed by atoms with van der Waals surface area (Å²) < 4.78 is 0. The molecular formula is C10H22N2. The molecule has 1 fully saturated rings. The van der Waals surface area contributed by atoms with Crippen LogP contribution in [-0.2, 0) is 0 Å². The normalized spacial score (nSPS) is 30.5. The Bertz CT molecular complexity index is 114. The molecular weight excluding hydrogens is 148 g/mol. The highest BCUT2D eigenvalue weighted by Gasteiger charge is 2.17. The lowest BCUT2D eigenvalue weighted by molar-refractivity contribution is 0.302. The first-order chi connectivity index (χ1) is 5.83. The molecule has 0 amide bonds. The molecule has 1 rings (SSSR count). The summed E-state index contributed by atoms with van der Waals surface area (Å²) in [5, 5.41) is 6.75. The molecule has 0 aromatic carbocycles. The van der Waals surface area contributed by atoms with Gasteiger partial charge in [-0.1, -0.05) is 19.8 Å². The number of likely N-dealkylation sites (N-methyl/N-ethyl adjacent to an activating group) is 1. The largest absolute Gasteiger partial charge is 0.318 e. The number of hydrogen-bond donors (Lipinski definition) is 2.